The van der Waals surface area contributed by atoms with Gasteiger partial charge in [-0.3, -0.25) is 4.79 Å². The van der Waals surface area contributed by atoms with E-state index in [1.54, 1.807) is 0 Å². The summed E-state index contributed by atoms with van der Waals surface area (Å²) in [6, 6.07) is 0. The van der Waals surface area contributed by atoms with Crippen LogP contribution in [0.4, 0.5) is 30.7 Å². The third-order valence-corrected chi connectivity index (χ3v) is 5.03. The van der Waals surface area contributed by atoms with E-state index in [0.29, 0.717) is 6.08 Å². The van der Waals surface area contributed by atoms with Gasteiger partial charge in [-0.2, -0.15) is 13.2 Å². The summed E-state index contributed by atoms with van der Waals surface area (Å²) in [5.41, 5.74) is -2.93. The number of hydrogen-bond acceptors (Lipinski definition) is 2. The maximum absolute atomic E-state index is 13.8. The highest BCUT2D eigenvalue weighted by Gasteiger charge is 2.62. The number of halogens is 8. The first-order chi connectivity index (χ1) is 12.2. The Morgan fingerprint density at radius 3 is 2.04 bits per heavy atom. The number of rotatable bonds is 4. The zero-order valence-corrected chi connectivity index (χ0v) is 15.0. The molecule has 150 valence electrons. The van der Waals surface area contributed by atoms with E-state index in [9.17, 15) is 35.5 Å². The fraction of sp³-hybridized carbons (Fsp3) is 0.471. The minimum absolute atomic E-state index is 0.667. The van der Waals surface area contributed by atoms with Crippen molar-refractivity contribution in [2.75, 3.05) is 0 Å². The zero-order chi connectivity index (χ0) is 20.9. The molecular formula is C17H14ClF7O2. The maximum Gasteiger partial charge on any atom is 0.426 e. The molecule has 2 rings (SSSR count). The first-order valence-electron chi connectivity index (χ1n) is 7.63. The van der Waals surface area contributed by atoms with Crippen molar-refractivity contribution in [2.24, 2.45) is 17.3 Å². The Balaban J connectivity index is 2.16. The molecule has 0 radical (unpaired) electrons. The number of benzene rings is 1. The predicted molar refractivity (Wildman–Crippen MR) is 81.6 cm³/mol. The number of carbonyl (C=O) groups is 1. The first kappa shape index (κ1) is 21.5. The van der Waals surface area contributed by atoms with E-state index in [-0.39, 0.29) is 0 Å². The standard InChI is InChI=1S/C17H14ClF7O2/c1-6-11(19)13(21)7(14(22)12(6)20)5-27-15(26)10-8(16(10,2)3)4-9(18)17(23,24)25/h4,8,10H,5H2,1-3H3/b9-4+/t8-,10?/m0/s1. The molecule has 0 aromatic heterocycles. The van der Waals surface area contributed by atoms with E-state index < -0.39 is 75.4 Å². The van der Waals surface area contributed by atoms with Crippen molar-refractivity contribution in [3.63, 3.8) is 0 Å². The molecule has 0 N–H and O–H groups in total. The summed E-state index contributed by atoms with van der Waals surface area (Å²) in [7, 11) is 0. The molecule has 0 heterocycles. The van der Waals surface area contributed by atoms with Gasteiger partial charge in [0.2, 0.25) is 0 Å². The first-order valence-corrected chi connectivity index (χ1v) is 8.01. The number of esters is 1. The topological polar surface area (TPSA) is 26.3 Å². The lowest BCUT2D eigenvalue weighted by atomic mass is 10.1. The van der Waals surface area contributed by atoms with E-state index >= 15 is 0 Å². The van der Waals surface area contributed by atoms with Crippen LogP contribution in [0.25, 0.3) is 0 Å². The third kappa shape index (κ3) is 3.93. The molecule has 0 spiro atoms. The highest BCUT2D eigenvalue weighted by atomic mass is 35.5. The van der Waals surface area contributed by atoms with Crippen LogP contribution >= 0.6 is 11.6 Å². The molecule has 1 aliphatic rings. The lowest BCUT2D eigenvalue weighted by molar-refractivity contribution is -0.147. The Labute approximate surface area is 154 Å². The summed E-state index contributed by atoms with van der Waals surface area (Å²) >= 11 is 5.15. The molecule has 0 bridgehead atoms. The van der Waals surface area contributed by atoms with Crippen LogP contribution in [0.15, 0.2) is 11.1 Å². The highest BCUT2D eigenvalue weighted by Crippen LogP contribution is 2.60. The van der Waals surface area contributed by atoms with E-state index in [1.165, 1.54) is 13.8 Å². The fourth-order valence-electron chi connectivity index (χ4n) is 2.84. The van der Waals surface area contributed by atoms with Gasteiger partial charge in [0.05, 0.1) is 11.5 Å². The van der Waals surface area contributed by atoms with E-state index in [2.05, 4.69) is 0 Å². The average Bonchev–Trinajstić information content (AvgIpc) is 3.10. The fourth-order valence-corrected chi connectivity index (χ4v) is 2.97. The van der Waals surface area contributed by atoms with Gasteiger partial charge in [0.1, 0.15) is 11.6 Å². The smallest absolute Gasteiger partial charge is 0.426 e. The van der Waals surface area contributed by atoms with Crippen LogP contribution in [0.1, 0.15) is 25.0 Å². The normalized spacial score (nSPS) is 22.0. The van der Waals surface area contributed by atoms with Gasteiger partial charge in [-0.25, -0.2) is 17.6 Å². The summed E-state index contributed by atoms with van der Waals surface area (Å²) in [6.45, 7) is 2.68. The molecule has 10 heteroatoms. The predicted octanol–water partition coefficient (Wildman–Crippen LogP) is 5.55. The molecule has 1 aromatic carbocycles. The number of allylic oxidation sites excluding steroid dienone is 2. The summed E-state index contributed by atoms with van der Waals surface area (Å²) in [5.74, 6) is -9.68. The molecule has 1 unspecified atom stereocenters. The number of ether oxygens (including phenoxy) is 1. The van der Waals surface area contributed by atoms with Crippen molar-refractivity contribution in [3.8, 4) is 0 Å². The summed E-state index contributed by atoms with van der Waals surface area (Å²) in [5, 5.41) is -1.41. The number of carbonyl (C=O) groups excluding carboxylic acids is 1. The molecule has 0 aliphatic heterocycles. The van der Waals surface area contributed by atoms with Crippen LogP contribution in [0.5, 0.6) is 0 Å². The summed E-state index contributed by atoms with van der Waals surface area (Å²) in [4.78, 5) is 12.1. The second-order valence-electron chi connectivity index (χ2n) is 6.80. The van der Waals surface area contributed by atoms with E-state index in [0.717, 1.165) is 6.92 Å². The van der Waals surface area contributed by atoms with Crippen LogP contribution in [-0.4, -0.2) is 12.1 Å². The molecule has 1 fully saturated rings. The van der Waals surface area contributed by atoms with Crippen LogP contribution in [0, 0.1) is 47.4 Å². The Kier molecular flexibility index (Phi) is 5.58. The molecule has 0 amide bonds. The molecule has 1 saturated carbocycles. The SMILES string of the molecule is Cc1c(F)c(F)c(COC(=O)C2[C@H](/C=C(/Cl)C(F)(F)F)C2(C)C)c(F)c1F. The molecule has 0 saturated heterocycles. The Morgan fingerprint density at radius 2 is 1.59 bits per heavy atom. The summed E-state index contributed by atoms with van der Waals surface area (Å²) in [6.07, 6.45) is -4.11. The largest absolute Gasteiger partial charge is 0.460 e. The van der Waals surface area contributed by atoms with Gasteiger partial charge in [-0.05, 0) is 18.3 Å². The number of hydrogen-bond donors (Lipinski definition) is 0. The van der Waals surface area contributed by atoms with Gasteiger partial charge in [-0.1, -0.05) is 31.5 Å². The van der Waals surface area contributed by atoms with Crippen molar-refractivity contribution in [1.82, 2.24) is 0 Å². The average molecular weight is 419 g/mol. The van der Waals surface area contributed by atoms with Gasteiger partial charge in [0.25, 0.3) is 0 Å². The van der Waals surface area contributed by atoms with Crippen molar-refractivity contribution in [1.29, 1.82) is 0 Å². The van der Waals surface area contributed by atoms with Crippen LogP contribution in [0.2, 0.25) is 0 Å². The minimum Gasteiger partial charge on any atom is -0.460 e. The van der Waals surface area contributed by atoms with Gasteiger partial charge in [0, 0.05) is 5.56 Å². The monoisotopic (exact) mass is 418 g/mol. The van der Waals surface area contributed by atoms with Crippen LogP contribution in [-0.2, 0) is 16.1 Å². The Bertz CT molecular complexity index is 785. The summed E-state index contributed by atoms with van der Waals surface area (Å²) < 4.78 is 96.8. The van der Waals surface area contributed by atoms with Crippen molar-refractivity contribution in [2.45, 2.75) is 33.6 Å². The van der Waals surface area contributed by atoms with Crippen molar-refractivity contribution < 1.29 is 40.3 Å². The van der Waals surface area contributed by atoms with Gasteiger partial charge < -0.3 is 4.74 Å². The Hall–Kier alpha value is -1.77. The van der Waals surface area contributed by atoms with Crippen LogP contribution in [0.3, 0.4) is 0 Å². The highest BCUT2D eigenvalue weighted by molar-refractivity contribution is 6.30. The maximum atomic E-state index is 13.8. The second kappa shape index (κ2) is 7.00. The van der Waals surface area contributed by atoms with Crippen molar-refractivity contribution in [3.05, 3.63) is 45.5 Å². The van der Waals surface area contributed by atoms with Gasteiger partial charge in [0.15, 0.2) is 23.3 Å². The van der Waals surface area contributed by atoms with E-state index in [1.807, 2.05) is 0 Å². The molecule has 27 heavy (non-hydrogen) atoms. The van der Waals surface area contributed by atoms with Crippen LogP contribution < -0.4 is 0 Å². The molecule has 2 nitrogen and oxygen atoms in total. The third-order valence-electron chi connectivity index (χ3n) is 4.69. The van der Waals surface area contributed by atoms with E-state index in [4.69, 9.17) is 16.3 Å². The molecule has 2 atom stereocenters. The lowest BCUT2D eigenvalue weighted by Gasteiger charge is -2.10. The second-order valence-corrected chi connectivity index (χ2v) is 7.21. The minimum atomic E-state index is -4.78. The quantitative estimate of drug-likeness (QED) is 0.364. The lowest BCUT2D eigenvalue weighted by Crippen LogP contribution is -2.14. The van der Waals surface area contributed by atoms with Crippen molar-refractivity contribution >= 4 is 17.6 Å². The molecule has 1 aromatic rings. The van der Waals surface area contributed by atoms with Gasteiger partial charge >= 0.3 is 12.1 Å². The molecular weight excluding hydrogens is 405 g/mol. The Morgan fingerprint density at radius 1 is 1.11 bits per heavy atom. The zero-order valence-electron chi connectivity index (χ0n) is 14.3. The molecule has 1 aliphatic carbocycles. The number of alkyl halides is 3. The van der Waals surface area contributed by atoms with Gasteiger partial charge in [-0.15, -0.1) is 0 Å².